The van der Waals surface area contributed by atoms with Gasteiger partial charge in [-0.15, -0.1) is 6.58 Å². The van der Waals surface area contributed by atoms with Crippen molar-refractivity contribution >= 4 is 11.9 Å². The fraction of sp³-hybridized carbons (Fsp3) is 0.273. The highest BCUT2D eigenvalue weighted by atomic mass is 16.4. The summed E-state index contributed by atoms with van der Waals surface area (Å²) in [5.74, 6) is -1.25. The van der Waals surface area contributed by atoms with E-state index in [9.17, 15) is 9.59 Å². The zero-order valence-electron chi connectivity index (χ0n) is 8.85. The van der Waals surface area contributed by atoms with Crippen LogP contribution in [0.25, 0.3) is 0 Å². The molecule has 1 aromatic rings. The van der Waals surface area contributed by atoms with Crippen molar-refractivity contribution in [2.24, 2.45) is 0 Å². The normalized spacial score (nSPS) is 9.75. The zero-order chi connectivity index (χ0) is 12.0. The van der Waals surface area contributed by atoms with Gasteiger partial charge in [0.1, 0.15) is 12.2 Å². The van der Waals surface area contributed by atoms with Gasteiger partial charge in [-0.2, -0.15) is 0 Å². The fourth-order valence-corrected chi connectivity index (χ4v) is 1.27. The van der Waals surface area contributed by atoms with Crippen LogP contribution in [0.3, 0.4) is 0 Å². The molecule has 0 aliphatic heterocycles. The van der Waals surface area contributed by atoms with E-state index in [1.807, 2.05) is 0 Å². The van der Waals surface area contributed by atoms with E-state index in [4.69, 9.17) is 5.11 Å². The zero-order valence-corrected chi connectivity index (χ0v) is 8.85. The smallest absolute Gasteiger partial charge is 0.352 e. The van der Waals surface area contributed by atoms with E-state index in [0.29, 0.717) is 13.0 Å². The van der Waals surface area contributed by atoms with Crippen LogP contribution in [0.2, 0.25) is 0 Å². The average Bonchev–Trinajstić information content (AvgIpc) is 2.66. The van der Waals surface area contributed by atoms with Crippen LogP contribution in [-0.2, 0) is 11.3 Å². The van der Waals surface area contributed by atoms with E-state index in [1.54, 1.807) is 18.3 Å². The van der Waals surface area contributed by atoms with Crippen LogP contribution >= 0.6 is 0 Å². The minimum absolute atomic E-state index is 0.0196. The van der Waals surface area contributed by atoms with Gasteiger partial charge in [-0.3, -0.25) is 4.79 Å². The van der Waals surface area contributed by atoms with Gasteiger partial charge in [-0.05, 0) is 18.6 Å². The highest BCUT2D eigenvalue weighted by Crippen LogP contribution is 2.01. The topological polar surface area (TPSA) is 71.3 Å². The fourth-order valence-electron chi connectivity index (χ4n) is 1.27. The Morgan fingerprint density at radius 3 is 2.94 bits per heavy atom. The molecule has 0 radical (unpaired) electrons. The van der Waals surface area contributed by atoms with Crippen LogP contribution in [0.1, 0.15) is 16.9 Å². The molecule has 1 heterocycles. The van der Waals surface area contributed by atoms with E-state index >= 15 is 0 Å². The van der Waals surface area contributed by atoms with Crippen molar-refractivity contribution in [1.82, 2.24) is 9.88 Å². The number of carbonyl (C=O) groups excluding carboxylic acids is 1. The number of nitrogens with zero attached hydrogens (tertiary/aromatic N) is 1. The second-order valence-corrected chi connectivity index (χ2v) is 3.25. The van der Waals surface area contributed by atoms with Gasteiger partial charge in [0.2, 0.25) is 5.91 Å². The lowest BCUT2D eigenvalue weighted by Gasteiger charge is -2.06. The predicted octanol–water partition coefficient (Wildman–Crippen LogP) is 0.879. The minimum Gasteiger partial charge on any atom is -0.477 e. The third-order valence-corrected chi connectivity index (χ3v) is 2.03. The maximum absolute atomic E-state index is 11.4. The van der Waals surface area contributed by atoms with Gasteiger partial charge in [-0.25, -0.2) is 4.79 Å². The van der Waals surface area contributed by atoms with E-state index < -0.39 is 5.97 Å². The lowest BCUT2D eigenvalue weighted by molar-refractivity contribution is -0.121. The van der Waals surface area contributed by atoms with E-state index in [1.165, 1.54) is 10.6 Å². The first-order valence-corrected chi connectivity index (χ1v) is 4.91. The molecule has 0 spiro atoms. The maximum atomic E-state index is 11.4. The molecule has 0 fully saturated rings. The van der Waals surface area contributed by atoms with Crippen LogP contribution in [0.5, 0.6) is 0 Å². The molecule has 0 unspecified atom stereocenters. The number of rotatable bonds is 6. The summed E-state index contributed by atoms with van der Waals surface area (Å²) in [5, 5.41) is 11.5. The van der Waals surface area contributed by atoms with Gasteiger partial charge < -0.3 is 15.0 Å². The third kappa shape index (κ3) is 3.27. The van der Waals surface area contributed by atoms with Crippen LogP contribution in [0.15, 0.2) is 31.0 Å². The minimum atomic E-state index is -1.04. The maximum Gasteiger partial charge on any atom is 0.352 e. The summed E-state index contributed by atoms with van der Waals surface area (Å²) in [7, 11) is 0. The first kappa shape index (κ1) is 12.0. The molecule has 1 aromatic heterocycles. The lowest BCUT2D eigenvalue weighted by Crippen LogP contribution is -2.29. The van der Waals surface area contributed by atoms with Crippen LogP contribution < -0.4 is 5.32 Å². The Labute approximate surface area is 93.4 Å². The molecule has 0 aromatic carbocycles. The molecule has 0 saturated heterocycles. The number of carboxylic acids is 1. The highest BCUT2D eigenvalue weighted by molar-refractivity contribution is 5.86. The first-order valence-electron chi connectivity index (χ1n) is 4.91. The van der Waals surface area contributed by atoms with Crippen molar-refractivity contribution in [3.8, 4) is 0 Å². The Kier molecular flexibility index (Phi) is 4.32. The molecule has 1 rings (SSSR count). The molecule has 5 heteroatoms. The van der Waals surface area contributed by atoms with Crippen LogP contribution in [-0.4, -0.2) is 28.1 Å². The summed E-state index contributed by atoms with van der Waals surface area (Å²) >= 11 is 0. The summed E-state index contributed by atoms with van der Waals surface area (Å²) in [6.45, 7) is 4.08. The number of hydrogen-bond acceptors (Lipinski definition) is 2. The van der Waals surface area contributed by atoms with Gasteiger partial charge in [-0.1, -0.05) is 6.08 Å². The summed E-state index contributed by atoms with van der Waals surface area (Å²) in [6, 6.07) is 3.06. The van der Waals surface area contributed by atoms with Crippen molar-refractivity contribution in [3.63, 3.8) is 0 Å². The Bertz CT molecular complexity index is 396. The predicted molar refractivity (Wildman–Crippen MR) is 59.2 cm³/mol. The monoisotopic (exact) mass is 222 g/mol. The van der Waals surface area contributed by atoms with Gasteiger partial charge in [0.25, 0.3) is 0 Å². The largest absolute Gasteiger partial charge is 0.477 e. The number of aromatic nitrogens is 1. The molecule has 5 nitrogen and oxygen atoms in total. The highest BCUT2D eigenvalue weighted by Gasteiger charge is 2.10. The number of carboxylic acid groups (broad SMARTS) is 1. The number of nitrogens with one attached hydrogen (secondary N) is 1. The second kappa shape index (κ2) is 5.75. The molecule has 0 saturated carbocycles. The molecule has 0 bridgehead atoms. The van der Waals surface area contributed by atoms with E-state index in [-0.39, 0.29) is 18.1 Å². The van der Waals surface area contributed by atoms with E-state index in [2.05, 4.69) is 11.9 Å². The molecule has 2 N–H and O–H groups in total. The van der Waals surface area contributed by atoms with Gasteiger partial charge in [0, 0.05) is 12.7 Å². The third-order valence-electron chi connectivity index (χ3n) is 2.03. The Balaban J connectivity index is 2.52. The molecule has 0 aliphatic rings. The Hall–Kier alpha value is -2.04. The van der Waals surface area contributed by atoms with Crippen molar-refractivity contribution in [3.05, 3.63) is 36.7 Å². The molecular weight excluding hydrogens is 208 g/mol. The standard InChI is InChI=1S/C11H14N2O3/c1-2-3-6-12-10(14)8-13-7-4-5-9(13)11(15)16/h2,4-5,7H,1,3,6,8H2,(H,12,14)(H,15,16). The van der Waals surface area contributed by atoms with Crippen molar-refractivity contribution in [2.75, 3.05) is 6.54 Å². The Morgan fingerprint density at radius 2 is 2.31 bits per heavy atom. The first-order chi connectivity index (χ1) is 7.65. The van der Waals surface area contributed by atoms with Crippen molar-refractivity contribution in [1.29, 1.82) is 0 Å². The summed E-state index contributed by atoms with van der Waals surface area (Å²) in [4.78, 5) is 22.2. The molecule has 86 valence electrons. The number of amides is 1. The Morgan fingerprint density at radius 1 is 1.56 bits per heavy atom. The molecular formula is C11H14N2O3. The van der Waals surface area contributed by atoms with Crippen molar-refractivity contribution in [2.45, 2.75) is 13.0 Å². The SMILES string of the molecule is C=CCCNC(=O)Cn1cccc1C(=O)O. The van der Waals surface area contributed by atoms with Crippen molar-refractivity contribution < 1.29 is 14.7 Å². The summed E-state index contributed by atoms with van der Waals surface area (Å²) in [5.41, 5.74) is 0.110. The molecule has 0 aliphatic carbocycles. The average molecular weight is 222 g/mol. The van der Waals surface area contributed by atoms with Crippen LogP contribution in [0, 0.1) is 0 Å². The molecule has 0 atom stereocenters. The second-order valence-electron chi connectivity index (χ2n) is 3.25. The number of carbonyl (C=O) groups is 2. The molecule has 1 amide bonds. The summed E-state index contributed by atoms with van der Waals surface area (Å²) in [6.07, 6.45) is 3.97. The molecule has 16 heavy (non-hydrogen) atoms. The lowest BCUT2D eigenvalue weighted by atomic mass is 10.4. The van der Waals surface area contributed by atoms with E-state index in [0.717, 1.165) is 0 Å². The van der Waals surface area contributed by atoms with Crippen LogP contribution in [0.4, 0.5) is 0 Å². The van der Waals surface area contributed by atoms with Gasteiger partial charge in [0.15, 0.2) is 0 Å². The quantitative estimate of drug-likeness (QED) is 0.554. The number of hydrogen-bond donors (Lipinski definition) is 2. The number of aromatic carboxylic acids is 1. The van der Waals surface area contributed by atoms with Gasteiger partial charge in [0.05, 0.1) is 0 Å². The van der Waals surface area contributed by atoms with Gasteiger partial charge >= 0.3 is 5.97 Å². The summed E-state index contributed by atoms with van der Waals surface area (Å²) < 4.78 is 1.39.